The highest BCUT2D eigenvalue weighted by Crippen LogP contribution is 2.32. The SMILES string of the molecule is COC(=O)c1cccc(NC(=O)NCC(=O)N(CC2CCCC2)c2ccccc2OCC(=O)N(C)c2cc(C)cc(C)c2)c1. The highest BCUT2D eigenvalue weighted by molar-refractivity contribution is 6.00. The van der Waals surface area contributed by atoms with Crippen molar-refractivity contribution in [2.75, 3.05) is 49.0 Å². The van der Waals surface area contributed by atoms with Crippen molar-refractivity contribution in [1.29, 1.82) is 0 Å². The third kappa shape index (κ3) is 8.59. The van der Waals surface area contributed by atoms with Crippen molar-refractivity contribution in [3.8, 4) is 5.75 Å². The minimum Gasteiger partial charge on any atom is -0.482 e. The molecule has 4 rings (SSSR count). The molecule has 232 valence electrons. The van der Waals surface area contributed by atoms with Gasteiger partial charge in [0.2, 0.25) is 5.91 Å². The van der Waals surface area contributed by atoms with Crippen LogP contribution < -0.4 is 25.2 Å². The number of carbonyl (C=O) groups is 4. The Hall–Kier alpha value is -4.86. The van der Waals surface area contributed by atoms with Crippen LogP contribution in [0.4, 0.5) is 21.9 Å². The molecule has 3 aromatic rings. The molecule has 3 aromatic carbocycles. The number of urea groups is 1. The van der Waals surface area contributed by atoms with Gasteiger partial charge in [-0.2, -0.15) is 0 Å². The number of rotatable bonds is 11. The van der Waals surface area contributed by atoms with Crippen molar-refractivity contribution < 1.29 is 28.7 Å². The summed E-state index contributed by atoms with van der Waals surface area (Å²) in [5, 5.41) is 5.27. The van der Waals surface area contributed by atoms with Crippen LogP contribution in [0.3, 0.4) is 0 Å². The van der Waals surface area contributed by atoms with Crippen LogP contribution in [-0.2, 0) is 14.3 Å². The van der Waals surface area contributed by atoms with Gasteiger partial charge in [0, 0.05) is 25.0 Å². The number of amides is 4. The van der Waals surface area contributed by atoms with E-state index in [4.69, 9.17) is 9.47 Å². The van der Waals surface area contributed by atoms with Gasteiger partial charge in [-0.1, -0.05) is 37.1 Å². The van der Waals surface area contributed by atoms with E-state index >= 15 is 0 Å². The lowest BCUT2D eigenvalue weighted by atomic mass is 10.1. The fourth-order valence-electron chi connectivity index (χ4n) is 5.38. The zero-order chi connectivity index (χ0) is 31.6. The summed E-state index contributed by atoms with van der Waals surface area (Å²) in [5.74, 6) is -0.339. The van der Waals surface area contributed by atoms with Gasteiger partial charge in [0.1, 0.15) is 5.75 Å². The lowest BCUT2D eigenvalue weighted by Crippen LogP contribution is -2.43. The first-order chi connectivity index (χ1) is 21.1. The molecule has 0 unspecified atom stereocenters. The first-order valence-electron chi connectivity index (χ1n) is 14.7. The molecule has 4 amide bonds. The van der Waals surface area contributed by atoms with Crippen LogP contribution in [-0.4, -0.2) is 57.7 Å². The molecule has 2 N–H and O–H groups in total. The molecule has 1 aliphatic carbocycles. The number of ether oxygens (including phenoxy) is 2. The summed E-state index contributed by atoms with van der Waals surface area (Å²) in [6, 6.07) is 18.8. The highest BCUT2D eigenvalue weighted by atomic mass is 16.5. The maximum absolute atomic E-state index is 13.6. The quantitative estimate of drug-likeness (QED) is 0.282. The van der Waals surface area contributed by atoms with Gasteiger partial charge in [-0.15, -0.1) is 0 Å². The lowest BCUT2D eigenvalue weighted by Gasteiger charge is -2.28. The van der Waals surface area contributed by atoms with Gasteiger partial charge in [0.25, 0.3) is 5.91 Å². The number of nitrogens with one attached hydrogen (secondary N) is 2. The number of likely N-dealkylation sites (N-methyl/N-ethyl adjacent to an activating group) is 1. The van der Waals surface area contributed by atoms with Gasteiger partial charge in [0.05, 0.1) is 24.9 Å². The normalized spacial score (nSPS) is 12.7. The zero-order valence-corrected chi connectivity index (χ0v) is 25.7. The van der Waals surface area contributed by atoms with E-state index in [1.54, 1.807) is 53.2 Å². The first-order valence-corrected chi connectivity index (χ1v) is 14.7. The Labute approximate surface area is 258 Å². The standard InChI is InChI=1S/C34H40N4O6/c1-23-16-24(2)18-28(17-23)37(3)32(40)22-44-30-15-8-7-14-29(30)38(21-25-10-5-6-11-25)31(39)20-35-34(42)36-27-13-9-12-26(19-27)33(41)43-4/h7-9,12-19,25H,5-6,10-11,20-22H2,1-4H3,(H2,35,36,42). The molecule has 0 atom stereocenters. The molecule has 44 heavy (non-hydrogen) atoms. The molecule has 1 saturated carbocycles. The Morgan fingerprint density at radius 1 is 0.886 bits per heavy atom. The molecule has 10 heteroatoms. The second-order valence-corrected chi connectivity index (χ2v) is 11.1. The molecule has 0 bridgehead atoms. The maximum Gasteiger partial charge on any atom is 0.337 e. The number of hydrogen-bond acceptors (Lipinski definition) is 6. The second kappa shape index (κ2) is 15.0. The minimum absolute atomic E-state index is 0.211. The number of carbonyl (C=O) groups excluding carboxylic acids is 4. The predicted molar refractivity (Wildman–Crippen MR) is 170 cm³/mol. The molecule has 0 heterocycles. The smallest absolute Gasteiger partial charge is 0.337 e. The van der Waals surface area contributed by atoms with Crippen LogP contribution in [0.15, 0.2) is 66.7 Å². The summed E-state index contributed by atoms with van der Waals surface area (Å²) >= 11 is 0. The summed E-state index contributed by atoms with van der Waals surface area (Å²) in [6.07, 6.45) is 4.23. The fraction of sp³-hybridized carbons (Fsp3) is 0.353. The fourth-order valence-corrected chi connectivity index (χ4v) is 5.38. The van der Waals surface area contributed by atoms with Crippen LogP contribution >= 0.6 is 0 Å². The number of para-hydroxylation sites is 2. The van der Waals surface area contributed by atoms with Gasteiger partial charge in [0.15, 0.2) is 6.61 Å². The largest absolute Gasteiger partial charge is 0.482 e. The molecule has 0 aromatic heterocycles. The number of hydrogen-bond donors (Lipinski definition) is 2. The molecule has 10 nitrogen and oxygen atoms in total. The molecular formula is C34H40N4O6. The molecule has 0 saturated heterocycles. The molecular weight excluding hydrogens is 560 g/mol. The van der Waals surface area contributed by atoms with Crippen LogP contribution in [0.1, 0.15) is 47.2 Å². The Morgan fingerprint density at radius 3 is 2.30 bits per heavy atom. The zero-order valence-electron chi connectivity index (χ0n) is 25.7. The summed E-state index contributed by atoms with van der Waals surface area (Å²) in [6.45, 7) is 3.96. The van der Waals surface area contributed by atoms with Crippen LogP contribution in [0.5, 0.6) is 5.75 Å². The van der Waals surface area contributed by atoms with Gasteiger partial charge in [-0.05, 0) is 86.2 Å². The molecule has 1 fully saturated rings. The van der Waals surface area contributed by atoms with Crippen LogP contribution in [0.2, 0.25) is 0 Å². The van der Waals surface area contributed by atoms with Crippen molar-refractivity contribution in [3.05, 3.63) is 83.4 Å². The Balaban J connectivity index is 1.44. The minimum atomic E-state index is -0.592. The topological polar surface area (TPSA) is 117 Å². The van der Waals surface area contributed by atoms with Crippen molar-refractivity contribution in [3.63, 3.8) is 0 Å². The van der Waals surface area contributed by atoms with Crippen molar-refractivity contribution in [1.82, 2.24) is 5.32 Å². The molecule has 0 radical (unpaired) electrons. The number of esters is 1. The highest BCUT2D eigenvalue weighted by Gasteiger charge is 2.26. The summed E-state index contributed by atoms with van der Waals surface area (Å²) in [5.41, 5.74) is 4.12. The van der Waals surface area contributed by atoms with Gasteiger partial charge < -0.3 is 29.9 Å². The van der Waals surface area contributed by atoms with Crippen LogP contribution in [0.25, 0.3) is 0 Å². The summed E-state index contributed by atoms with van der Waals surface area (Å²) in [4.78, 5) is 54.4. The van der Waals surface area contributed by atoms with Crippen LogP contribution in [0, 0.1) is 19.8 Å². The predicted octanol–water partition coefficient (Wildman–Crippen LogP) is 5.48. The first kappa shape index (κ1) is 32.1. The summed E-state index contributed by atoms with van der Waals surface area (Å²) < 4.78 is 10.7. The van der Waals surface area contributed by atoms with E-state index in [2.05, 4.69) is 10.6 Å². The third-order valence-electron chi connectivity index (χ3n) is 7.63. The van der Waals surface area contributed by atoms with E-state index in [1.165, 1.54) is 13.2 Å². The molecule has 1 aliphatic rings. The van der Waals surface area contributed by atoms with Crippen molar-refractivity contribution >= 4 is 40.9 Å². The van der Waals surface area contributed by atoms with Gasteiger partial charge in [-0.25, -0.2) is 9.59 Å². The Morgan fingerprint density at radius 2 is 1.59 bits per heavy atom. The lowest BCUT2D eigenvalue weighted by molar-refractivity contribution is -0.120. The number of anilines is 3. The van der Waals surface area contributed by atoms with Crippen molar-refractivity contribution in [2.45, 2.75) is 39.5 Å². The second-order valence-electron chi connectivity index (χ2n) is 11.1. The summed E-state index contributed by atoms with van der Waals surface area (Å²) in [7, 11) is 2.99. The van der Waals surface area contributed by atoms with E-state index in [0.29, 0.717) is 35.2 Å². The van der Waals surface area contributed by atoms with Gasteiger partial charge >= 0.3 is 12.0 Å². The van der Waals surface area contributed by atoms with Gasteiger partial charge in [-0.3, -0.25) is 9.59 Å². The Bertz CT molecular complexity index is 1480. The molecule has 0 aliphatic heterocycles. The third-order valence-corrected chi connectivity index (χ3v) is 7.63. The average Bonchev–Trinajstić information content (AvgIpc) is 3.54. The maximum atomic E-state index is 13.6. The molecule has 0 spiro atoms. The van der Waals surface area contributed by atoms with E-state index in [-0.39, 0.29) is 25.0 Å². The number of benzene rings is 3. The van der Waals surface area contributed by atoms with E-state index in [9.17, 15) is 19.2 Å². The monoisotopic (exact) mass is 600 g/mol. The number of nitrogens with zero attached hydrogens (tertiary/aromatic N) is 2. The number of methoxy groups -OCH3 is 1. The van der Waals surface area contributed by atoms with E-state index in [0.717, 1.165) is 42.5 Å². The number of aryl methyl sites for hydroxylation is 2. The average molecular weight is 601 g/mol. The van der Waals surface area contributed by atoms with E-state index in [1.807, 2.05) is 38.1 Å². The van der Waals surface area contributed by atoms with E-state index < -0.39 is 12.0 Å². The van der Waals surface area contributed by atoms with Crippen molar-refractivity contribution in [2.24, 2.45) is 5.92 Å². The Kier molecular flexibility index (Phi) is 11.0.